The van der Waals surface area contributed by atoms with Crippen molar-refractivity contribution in [1.29, 1.82) is 0 Å². The summed E-state index contributed by atoms with van der Waals surface area (Å²) in [5.74, 6) is -2.23. The van der Waals surface area contributed by atoms with Crippen molar-refractivity contribution in [3.63, 3.8) is 0 Å². The molecule has 1 aliphatic rings. The minimum Gasteiger partial charge on any atom is -0.454 e. The van der Waals surface area contributed by atoms with E-state index < -0.39 is 38.3 Å². The van der Waals surface area contributed by atoms with Crippen LogP contribution in [-0.4, -0.2) is 32.9 Å². The highest BCUT2D eigenvalue weighted by Crippen LogP contribution is 2.52. The van der Waals surface area contributed by atoms with Gasteiger partial charge in [0.05, 0.1) is 9.62 Å². The number of Topliss-reactive ketones (excluding diaryl/α,β-unsaturated/α-hetero) is 1. The number of ketones is 1. The van der Waals surface area contributed by atoms with Crippen LogP contribution in [0.25, 0.3) is 0 Å². The van der Waals surface area contributed by atoms with E-state index in [1.54, 1.807) is 45.2 Å². The molecule has 0 heterocycles. The summed E-state index contributed by atoms with van der Waals surface area (Å²) in [7, 11) is 0. The van der Waals surface area contributed by atoms with Gasteiger partial charge < -0.3 is 16.2 Å². The van der Waals surface area contributed by atoms with Crippen LogP contribution < -0.4 is 11.5 Å². The maximum absolute atomic E-state index is 12.7. The van der Waals surface area contributed by atoms with Crippen LogP contribution in [0.1, 0.15) is 13.8 Å². The van der Waals surface area contributed by atoms with E-state index >= 15 is 0 Å². The zero-order valence-electron chi connectivity index (χ0n) is 12.4. The summed E-state index contributed by atoms with van der Waals surface area (Å²) in [6, 6.07) is 0. The third-order valence-electron chi connectivity index (χ3n) is 3.37. The van der Waals surface area contributed by atoms with E-state index in [2.05, 4.69) is 0 Å². The summed E-state index contributed by atoms with van der Waals surface area (Å²) in [6.07, 6.45) is -1.11. The second-order valence-electron chi connectivity index (χ2n) is 4.88. The molecule has 11 heteroatoms. The summed E-state index contributed by atoms with van der Waals surface area (Å²) in [5.41, 5.74) is 9.61. The SMILES string of the molecule is CC(=O)OC(C)C(=O)C1=C(I)C(N)=C(I)C(C(N)=O)(C(=O)Cl)C1I. The molecule has 0 spiro atoms. The van der Waals surface area contributed by atoms with Crippen molar-refractivity contribution in [3.8, 4) is 0 Å². The number of carbonyl (C=O) groups excluding carboxylic acids is 4. The van der Waals surface area contributed by atoms with Crippen molar-refractivity contribution in [2.75, 3.05) is 0 Å². The molecule has 3 atom stereocenters. The van der Waals surface area contributed by atoms with Gasteiger partial charge in [0.15, 0.2) is 11.5 Å². The summed E-state index contributed by atoms with van der Waals surface area (Å²) in [5, 5.41) is -1.03. The Morgan fingerprint density at radius 1 is 1.29 bits per heavy atom. The predicted molar refractivity (Wildman–Crippen MR) is 113 cm³/mol. The van der Waals surface area contributed by atoms with Gasteiger partial charge in [-0.15, -0.1) is 0 Å². The van der Waals surface area contributed by atoms with Crippen molar-refractivity contribution < 1.29 is 23.9 Å². The molecule has 0 saturated carbocycles. The zero-order valence-corrected chi connectivity index (χ0v) is 19.6. The van der Waals surface area contributed by atoms with E-state index in [9.17, 15) is 19.2 Å². The lowest BCUT2D eigenvalue weighted by molar-refractivity contribution is -0.150. The third-order valence-corrected chi connectivity index (χ3v) is 7.81. The van der Waals surface area contributed by atoms with Gasteiger partial charge in [0.2, 0.25) is 16.9 Å². The van der Waals surface area contributed by atoms with E-state index in [1.165, 1.54) is 13.8 Å². The average Bonchev–Trinajstić information content (AvgIpc) is 2.44. The van der Waals surface area contributed by atoms with E-state index in [0.29, 0.717) is 3.58 Å². The Balaban J connectivity index is 3.62. The van der Waals surface area contributed by atoms with Crippen LogP contribution in [0.5, 0.6) is 0 Å². The van der Waals surface area contributed by atoms with E-state index in [1.807, 2.05) is 22.6 Å². The molecule has 0 aromatic rings. The molecule has 24 heavy (non-hydrogen) atoms. The normalized spacial score (nSPS) is 25.3. The van der Waals surface area contributed by atoms with Crippen LogP contribution in [0.2, 0.25) is 0 Å². The van der Waals surface area contributed by atoms with Gasteiger partial charge in [-0.05, 0) is 63.7 Å². The molecule has 1 aliphatic carbocycles. The number of ether oxygens (including phenoxy) is 1. The first-order chi connectivity index (χ1) is 10.9. The van der Waals surface area contributed by atoms with Gasteiger partial charge in [0.1, 0.15) is 0 Å². The van der Waals surface area contributed by atoms with Gasteiger partial charge in [-0.2, -0.15) is 0 Å². The van der Waals surface area contributed by atoms with Gasteiger partial charge in [0.25, 0.3) is 0 Å². The van der Waals surface area contributed by atoms with Crippen molar-refractivity contribution in [2.24, 2.45) is 16.9 Å². The number of nitrogens with two attached hydrogens (primary N) is 2. The molecule has 4 N–H and O–H groups in total. The Morgan fingerprint density at radius 2 is 1.79 bits per heavy atom. The summed E-state index contributed by atoms with van der Waals surface area (Å²) in [6.45, 7) is 2.55. The average molecular weight is 692 g/mol. The second kappa shape index (κ2) is 8.16. The Labute approximate surface area is 183 Å². The zero-order chi connectivity index (χ0) is 19.0. The molecule has 3 unspecified atom stereocenters. The number of alkyl halides is 1. The molecule has 0 radical (unpaired) electrons. The highest BCUT2D eigenvalue weighted by molar-refractivity contribution is 14.1. The molecule has 0 aromatic heterocycles. The van der Waals surface area contributed by atoms with Crippen LogP contribution in [0, 0.1) is 5.41 Å². The lowest BCUT2D eigenvalue weighted by Gasteiger charge is -2.37. The quantitative estimate of drug-likeness (QED) is 0.149. The van der Waals surface area contributed by atoms with E-state index in [-0.39, 0.29) is 14.8 Å². The van der Waals surface area contributed by atoms with Gasteiger partial charge in [-0.1, -0.05) is 22.6 Å². The molecular formula is C13H12ClI3N2O5. The lowest BCUT2D eigenvalue weighted by atomic mass is 9.76. The maximum atomic E-state index is 12.7. The first kappa shape index (κ1) is 22.1. The molecule has 0 bridgehead atoms. The summed E-state index contributed by atoms with van der Waals surface area (Å²) < 4.78 is 4.42. The van der Waals surface area contributed by atoms with Crippen LogP contribution in [0.3, 0.4) is 0 Å². The number of hydrogen-bond donors (Lipinski definition) is 2. The molecule has 132 valence electrons. The molecule has 7 nitrogen and oxygen atoms in total. The highest BCUT2D eigenvalue weighted by atomic mass is 127. The van der Waals surface area contributed by atoms with Crippen LogP contribution in [0.15, 0.2) is 18.4 Å². The number of halogens is 4. The van der Waals surface area contributed by atoms with E-state index in [4.69, 9.17) is 27.8 Å². The van der Waals surface area contributed by atoms with E-state index in [0.717, 1.165) is 0 Å². The van der Waals surface area contributed by atoms with Crippen LogP contribution >= 0.6 is 79.4 Å². The number of primary amides is 1. The number of rotatable bonds is 5. The monoisotopic (exact) mass is 692 g/mol. The minimum absolute atomic E-state index is 0.0651. The number of carbonyl (C=O) groups is 4. The van der Waals surface area contributed by atoms with Gasteiger partial charge >= 0.3 is 5.97 Å². The van der Waals surface area contributed by atoms with Crippen molar-refractivity contribution in [2.45, 2.75) is 23.9 Å². The molecule has 0 saturated heterocycles. The van der Waals surface area contributed by atoms with Gasteiger partial charge in [0, 0.05) is 19.7 Å². The summed E-state index contributed by atoms with van der Waals surface area (Å²) in [4.78, 5) is 48.0. The molecular weight excluding hydrogens is 680 g/mol. The molecule has 0 fully saturated rings. The minimum atomic E-state index is -1.96. The fraction of sp³-hybridized carbons (Fsp3) is 0.385. The molecule has 1 amide bonds. The van der Waals surface area contributed by atoms with Crippen molar-refractivity contribution in [3.05, 3.63) is 18.4 Å². The lowest BCUT2D eigenvalue weighted by Crippen LogP contribution is -2.53. The predicted octanol–water partition coefficient (Wildman–Crippen LogP) is 1.86. The van der Waals surface area contributed by atoms with Crippen molar-refractivity contribution >= 4 is 102 Å². The standard InChI is InChI=1S/C13H12ClI3N2O5/c1-3(24-4(2)20)8(21)5-6(15)7(18)10(17)13(9(5)16,11(14)22)12(19)23/h3,9H,18H2,1-2H3,(H2,19,23). The highest BCUT2D eigenvalue weighted by Gasteiger charge is 2.58. The first-order valence-corrected chi connectivity index (χ1v) is 10.1. The fourth-order valence-corrected chi connectivity index (χ4v) is 7.97. The Kier molecular flexibility index (Phi) is 7.51. The third kappa shape index (κ3) is 3.60. The fourth-order valence-electron chi connectivity index (χ4n) is 2.16. The number of amides is 1. The Bertz CT molecular complexity index is 690. The van der Waals surface area contributed by atoms with Gasteiger partial charge in [-0.25, -0.2) is 0 Å². The number of esters is 1. The maximum Gasteiger partial charge on any atom is 0.303 e. The Hall–Kier alpha value is 0.0400. The number of hydrogen-bond acceptors (Lipinski definition) is 6. The molecule has 0 aromatic carbocycles. The van der Waals surface area contributed by atoms with Crippen molar-refractivity contribution in [1.82, 2.24) is 0 Å². The molecule has 0 aliphatic heterocycles. The topological polar surface area (TPSA) is 130 Å². The van der Waals surface area contributed by atoms with Crippen LogP contribution in [-0.2, 0) is 23.9 Å². The van der Waals surface area contributed by atoms with Crippen LogP contribution in [0.4, 0.5) is 0 Å². The number of allylic oxidation sites excluding steroid dienone is 1. The summed E-state index contributed by atoms with van der Waals surface area (Å²) >= 11 is 11.0. The first-order valence-electron chi connectivity index (χ1n) is 6.31. The molecule has 1 rings (SSSR count). The largest absolute Gasteiger partial charge is 0.454 e. The second-order valence-corrected chi connectivity index (χ2v) is 8.63. The Morgan fingerprint density at radius 3 is 2.17 bits per heavy atom. The smallest absolute Gasteiger partial charge is 0.303 e. The van der Waals surface area contributed by atoms with Gasteiger partial charge in [-0.3, -0.25) is 19.2 Å².